The number of benzene rings is 3. The van der Waals surface area contributed by atoms with E-state index < -0.39 is 17.8 Å². The minimum atomic E-state index is -0.503. The van der Waals surface area contributed by atoms with Crippen LogP contribution in [0.2, 0.25) is 5.02 Å². The molecule has 0 unspecified atom stereocenters. The molecule has 0 saturated carbocycles. The predicted octanol–water partition coefficient (Wildman–Crippen LogP) is 4.34. The Bertz CT molecular complexity index is 1250. The first-order valence-electron chi connectivity index (χ1n) is 11.8. The third-order valence-electron chi connectivity index (χ3n) is 6.68. The number of hydrogen-bond acceptors (Lipinski definition) is 6. The molecule has 2 amide bonds. The Hall–Kier alpha value is -3.88. The number of carbonyl (C=O) groups is 3. The first-order valence-corrected chi connectivity index (χ1v) is 12.2. The molecule has 1 heterocycles. The van der Waals surface area contributed by atoms with E-state index in [0.29, 0.717) is 21.7 Å². The lowest BCUT2D eigenvalue weighted by Gasteiger charge is -2.42. The SMILES string of the molecule is COC(=O)c1ccc(C(=O)NNC(=O)c2ccc(N3CCC(OC)(c4ccc(Cl)cc4)CC3)cc2)cc1. The van der Waals surface area contributed by atoms with Crippen molar-refractivity contribution in [1.29, 1.82) is 0 Å². The van der Waals surface area contributed by atoms with E-state index in [1.54, 1.807) is 19.2 Å². The van der Waals surface area contributed by atoms with Crippen LogP contribution in [0.1, 0.15) is 49.5 Å². The fraction of sp³-hybridized carbons (Fsp3) is 0.250. The van der Waals surface area contributed by atoms with Crippen LogP contribution < -0.4 is 15.8 Å². The average molecular weight is 522 g/mol. The summed E-state index contributed by atoms with van der Waals surface area (Å²) in [4.78, 5) is 38.6. The third-order valence-corrected chi connectivity index (χ3v) is 6.94. The number of amides is 2. The van der Waals surface area contributed by atoms with Crippen molar-refractivity contribution in [3.63, 3.8) is 0 Å². The van der Waals surface area contributed by atoms with Crippen molar-refractivity contribution < 1.29 is 23.9 Å². The second kappa shape index (κ2) is 11.5. The molecular weight excluding hydrogens is 494 g/mol. The van der Waals surface area contributed by atoms with Crippen molar-refractivity contribution >= 4 is 35.1 Å². The van der Waals surface area contributed by atoms with Gasteiger partial charge in [0, 0.05) is 42.0 Å². The van der Waals surface area contributed by atoms with E-state index in [0.717, 1.165) is 37.2 Å². The van der Waals surface area contributed by atoms with Gasteiger partial charge in [-0.25, -0.2) is 4.79 Å². The molecule has 0 aliphatic carbocycles. The van der Waals surface area contributed by atoms with Crippen molar-refractivity contribution in [2.24, 2.45) is 0 Å². The Morgan fingerprint density at radius 2 is 1.24 bits per heavy atom. The number of anilines is 1. The van der Waals surface area contributed by atoms with Crippen LogP contribution in [0.3, 0.4) is 0 Å². The van der Waals surface area contributed by atoms with E-state index in [1.807, 2.05) is 36.4 Å². The molecule has 0 radical (unpaired) electrons. The van der Waals surface area contributed by atoms with E-state index in [1.165, 1.54) is 31.4 Å². The normalized spacial score (nSPS) is 14.5. The highest BCUT2D eigenvalue weighted by Gasteiger charge is 2.36. The summed E-state index contributed by atoms with van der Waals surface area (Å²) in [6.07, 6.45) is 1.64. The molecule has 0 atom stereocenters. The molecular formula is C28H28ClN3O5. The Balaban J connectivity index is 1.31. The largest absolute Gasteiger partial charge is 0.465 e. The zero-order valence-electron chi connectivity index (χ0n) is 20.6. The molecule has 0 spiro atoms. The molecule has 3 aromatic rings. The topological polar surface area (TPSA) is 97.0 Å². The number of hydrazine groups is 1. The molecule has 3 aromatic carbocycles. The number of hydrogen-bond donors (Lipinski definition) is 2. The molecule has 1 saturated heterocycles. The quantitative estimate of drug-likeness (QED) is 0.370. The fourth-order valence-electron chi connectivity index (χ4n) is 4.45. The van der Waals surface area contributed by atoms with Crippen molar-refractivity contribution in [3.05, 3.63) is 100 Å². The van der Waals surface area contributed by atoms with Crippen LogP contribution in [0.15, 0.2) is 72.8 Å². The van der Waals surface area contributed by atoms with Crippen LogP contribution in [-0.2, 0) is 15.1 Å². The number of carbonyl (C=O) groups excluding carboxylic acids is 3. The zero-order chi connectivity index (χ0) is 26.4. The van der Waals surface area contributed by atoms with Gasteiger partial charge in [-0.3, -0.25) is 20.4 Å². The van der Waals surface area contributed by atoms with Gasteiger partial charge in [-0.15, -0.1) is 0 Å². The van der Waals surface area contributed by atoms with Gasteiger partial charge in [-0.1, -0.05) is 23.7 Å². The molecule has 2 N–H and O–H groups in total. The monoisotopic (exact) mass is 521 g/mol. The lowest BCUT2D eigenvalue weighted by molar-refractivity contribution is -0.0346. The predicted molar refractivity (Wildman–Crippen MR) is 141 cm³/mol. The summed E-state index contributed by atoms with van der Waals surface area (Å²) in [5, 5.41) is 0.699. The molecule has 1 aliphatic rings. The van der Waals surface area contributed by atoms with Crippen molar-refractivity contribution in [2.45, 2.75) is 18.4 Å². The van der Waals surface area contributed by atoms with Gasteiger partial charge < -0.3 is 14.4 Å². The van der Waals surface area contributed by atoms with Gasteiger partial charge in [0.15, 0.2) is 0 Å². The molecule has 9 heteroatoms. The molecule has 4 rings (SSSR count). The fourth-order valence-corrected chi connectivity index (χ4v) is 4.57. The highest BCUT2D eigenvalue weighted by molar-refractivity contribution is 6.30. The summed E-state index contributed by atoms with van der Waals surface area (Å²) in [7, 11) is 3.03. The van der Waals surface area contributed by atoms with Gasteiger partial charge in [-0.05, 0) is 79.1 Å². The van der Waals surface area contributed by atoms with Crippen LogP contribution in [0.4, 0.5) is 5.69 Å². The smallest absolute Gasteiger partial charge is 0.337 e. The summed E-state index contributed by atoms with van der Waals surface area (Å²) >= 11 is 6.05. The molecule has 0 bridgehead atoms. The maximum atomic E-state index is 12.5. The van der Waals surface area contributed by atoms with Crippen LogP contribution in [0.25, 0.3) is 0 Å². The molecule has 192 valence electrons. The van der Waals surface area contributed by atoms with Crippen LogP contribution in [-0.4, -0.2) is 45.1 Å². The van der Waals surface area contributed by atoms with Crippen molar-refractivity contribution in [1.82, 2.24) is 10.9 Å². The van der Waals surface area contributed by atoms with Crippen LogP contribution in [0, 0.1) is 0 Å². The molecule has 1 fully saturated rings. The van der Waals surface area contributed by atoms with Gasteiger partial charge in [-0.2, -0.15) is 0 Å². The maximum absolute atomic E-state index is 12.5. The van der Waals surface area contributed by atoms with E-state index in [2.05, 4.69) is 20.5 Å². The number of nitrogens with zero attached hydrogens (tertiary/aromatic N) is 1. The first-order chi connectivity index (χ1) is 17.8. The zero-order valence-corrected chi connectivity index (χ0v) is 21.4. The minimum Gasteiger partial charge on any atom is -0.465 e. The van der Waals surface area contributed by atoms with E-state index >= 15 is 0 Å². The molecule has 37 heavy (non-hydrogen) atoms. The highest BCUT2D eigenvalue weighted by atomic mass is 35.5. The number of methoxy groups -OCH3 is 2. The number of ether oxygens (including phenoxy) is 2. The summed E-state index contributed by atoms with van der Waals surface area (Å²) in [6, 6.07) is 21.0. The second-order valence-corrected chi connectivity index (χ2v) is 9.15. The number of esters is 1. The van der Waals surface area contributed by atoms with Crippen LogP contribution >= 0.6 is 11.6 Å². The number of halogens is 1. The highest BCUT2D eigenvalue weighted by Crippen LogP contribution is 2.38. The Labute approximate surface area is 220 Å². The van der Waals surface area contributed by atoms with Gasteiger partial charge in [0.25, 0.3) is 11.8 Å². The molecule has 8 nitrogen and oxygen atoms in total. The first kappa shape index (κ1) is 26.2. The number of rotatable bonds is 6. The van der Waals surface area contributed by atoms with E-state index in [4.69, 9.17) is 16.3 Å². The molecule has 0 aromatic heterocycles. The van der Waals surface area contributed by atoms with Gasteiger partial charge in [0.2, 0.25) is 0 Å². The Morgan fingerprint density at radius 3 is 1.73 bits per heavy atom. The number of nitrogens with one attached hydrogen (secondary N) is 2. The standard InChI is InChI=1S/C28H28ClN3O5/c1-36-27(35)21-5-3-19(4-6-21)25(33)30-31-26(34)20-7-13-24(14-8-20)32-17-15-28(37-2,16-18-32)22-9-11-23(29)12-10-22/h3-14H,15-18H2,1-2H3,(H,30,33)(H,31,34). The average Bonchev–Trinajstić information content (AvgIpc) is 2.96. The summed E-state index contributed by atoms with van der Waals surface area (Å²) in [5.41, 5.74) is 7.61. The van der Waals surface area contributed by atoms with Crippen molar-refractivity contribution in [3.8, 4) is 0 Å². The lowest BCUT2D eigenvalue weighted by atomic mass is 9.84. The summed E-state index contributed by atoms with van der Waals surface area (Å²) < 4.78 is 10.6. The van der Waals surface area contributed by atoms with E-state index in [-0.39, 0.29) is 5.60 Å². The maximum Gasteiger partial charge on any atom is 0.337 e. The second-order valence-electron chi connectivity index (χ2n) is 8.72. The van der Waals surface area contributed by atoms with Gasteiger partial charge >= 0.3 is 5.97 Å². The Morgan fingerprint density at radius 1 is 0.757 bits per heavy atom. The summed E-state index contributed by atoms with van der Waals surface area (Å²) in [5.74, 6) is -1.43. The van der Waals surface area contributed by atoms with Gasteiger partial charge in [0.1, 0.15) is 0 Å². The minimum absolute atomic E-state index is 0.291. The Kier molecular flexibility index (Phi) is 8.11. The van der Waals surface area contributed by atoms with E-state index in [9.17, 15) is 14.4 Å². The van der Waals surface area contributed by atoms with Gasteiger partial charge in [0.05, 0.1) is 18.3 Å². The summed E-state index contributed by atoms with van der Waals surface area (Å²) in [6.45, 7) is 1.60. The van der Waals surface area contributed by atoms with Crippen LogP contribution in [0.5, 0.6) is 0 Å². The number of piperidine rings is 1. The van der Waals surface area contributed by atoms with Crippen molar-refractivity contribution in [2.75, 3.05) is 32.2 Å². The lowest BCUT2D eigenvalue weighted by Crippen LogP contribution is -2.44. The molecule has 1 aliphatic heterocycles. The third kappa shape index (κ3) is 5.93.